The summed E-state index contributed by atoms with van der Waals surface area (Å²) in [5.41, 5.74) is 3.71. The van der Waals surface area contributed by atoms with E-state index in [9.17, 15) is 8.42 Å². The molecule has 2 N–H and O–H groups in total. The summed E-state index contributed by atoms with van der Waals surface area (Å²) in [5, 5.41) is 7.22. The molecule has 1 aliphatic carbocycles. The molecule has 0 unspecified atom stereocenters. The Morgan fingerprint density at radius 2 is 2.19 bits per heavy atom. The fourth-order valence-electron chi connectivity index (χ4n) is 1.88. The molecule has 5 nitrogen and oxygen atoms in total. The standard InChI is InChI=1S/C13H17N3O2S3/c17-21(18,16-4-3-12-8-19-9-15-12)13-5-10(7-20-13)6-14-11-1-2-11/h5,7-9,11,14,16H,1-4,6H2. The first-order valence-corrected chi connectivity index (χ1v) is 10.1. The highest BCUT2D eigenvalue weighted by atomic mass is 32.2. The molecular formula is C13H17N3O2S3. The molecule has 0 amide bonds. The molecule has 3 rings (SSSR count). The summed E-state index contributed by atoms with van der Waals surface area (Å²) < 4.78 is 27.4. The molecule has 1 fully saturated rings. The van der Waals surface area contributed by atoms with Gasteiger partial charge in [0.1, 0.15) is 4.21 Å². The fourth-order valence-corrected chi connectivity index (χ4v) is 4.76. The smallest absolute Gasteiger partial charge is 0.250 e. The van der Waals surface area contributed by atoms with E-state index >= 15 is 0 Å². The van der Waals surface area contributed by atoms with Crippen LogP contribution in [0.1, 0.15) is 24.1 Å². The van der Waals surface area contributed by atoms with Crippen LogP contribution in [0.25, 0.3) is 0 Å². The van der Waals surface area contributed by atoms with Gasteiger partial charge in [0.25, 0.3) is 0 Å². The summed E-state index contributed by atoms with van der Waals surface area (Å²) in [6, 6.07) is 2.38. The molecule has 2 heterocycles. The van der Waals surface area contributed by atoms with Gasteiger partial charge in [-0.1, -0.05) is 0 Å². The van der Waals surface area contributed by atoms with Crippen LogP contribution in [0.5, 0.6) is 0 Å². The van der Waals surface area contributed by atoms with Crippen LogP contribution in [-0.2, 0) is 23.0 Å². The van der Waals surface area contributed by atoms with Crippen LogP contribution in [-0.4, -0.2) is 26.0 Å². The Labute approximate surface area is 132 Å². The van der Waals surface area contributed by atoms with Gasteiger partial charge in [0.2, 0.25) is 10.0 Å². The van der Waals surface area contributed by atoms with Crippen LogP contribution in [0.2, 0.25) is 0 Å². The summed E-state index contributed by atoms with van der Waals surface area (Å²) in [6.07, 6.45) is 3.07. The zero-order valence-electron chi connectivity index (χ0n) is 11.4. The Kier molecular flexibility index (Phi) is 4.70. The molecule has 0 radical (unpaired) electrons. The lowest BCUT2D eigenvalue weighted by Crippen LogP contribution is -2.25. The molecule has 114 valence electrons. The molecular weight excluding hydrogens is 326 g/mol. The Morgan fingerprint density at radius 3 is 2.90 bits per heavy atom. The van der Waals surface area contributed by atoms with Crippen LogP contribution in [0.4, 0.5) is 0 Å². The Balaban J connectivity index is 1.53. The summed E-state index contributed by atoms with van der Waals surface area (Å²) in [4.78, 5) is 4.14. The molecule has 0 saturated heterocycles. The summed E-state index contributed by atoms with van der Waals surface area (Å²) in [5.74, 6) is 0. The predicted octanol–water partition coefficient (Wildman–Crippen LogP) is 1.98. The number of thiophene rings is 1. The Morgan fingerprint density at radius 1 is 1.33 bits per heavy atom. The zero-order valence-corrected chi connectivity index (χ0v) is 13.9. The van der Waals surface area contributed by atoms with E-state index in [2.05, 4.69) is 15.0 Å². The minimum Gasteiger partial charge on any atom is -0.310 e. The molecule has 2 aromatic heterocycles. The first-order chi connectivity index (χ1) is 10.1. The second-order valence-electron chi connectivity index (χ2n) is 5.06. The number of nitrogens with one attached hydrogen (secondary N) is 2. The van der Waals surface area contributed by atoms with Crippen LogP contribution in [0, 0.1) is 0 Å². The normalized spacial score (nSPS) is 15.4. The maximum atomic E-state index is 12.2. The van der Waals surface area contributed by atoms with E-state index < -0.39 is 10.0 Å². The number of aromatic nitrogens is 1. The van der Waals surface area contributed by atoms with E-state index in [0.29, 0.717) is 23.2 Å². The van der Waals surface area contributed by atoms with Crippen LogP contribution < -0.4 is 10.0 Å². The Bertz CT molecular complexity index is 675. The minimum atomic E-state index is -3.40. The van der Waals surface area contributed by atoms with Crippen molar-refractivity contribution in [3.8, 4) is 0 Å². The van der Waals surface area contributed by atoms with Crippen LogP contribution in [0.15, 0.2) is 26.5 Å². The molecule has 0 aliphatic heterocycles. The second kappa shape index (κ2) is 6.53. The fraction of sp³-hybridized carbons (Fsp3) is 0.462. The van der Waals surface area contributed by atoms with Crippen LogP contribution in [0.3, 0.4) is 0 Å². The van der Waals surface area contributed by atoms with E-state index in [-0.39, 0.29) is 0 Å². The highest BCUT2D eigenvalue weighted by Gasteiger charge is 2.21. The van der Waals surface area contributed by atoms with E-state index in [1.807, 2.05) is 10.8 Å². The largest absolute Gasteiger partial charge is 0.310 e. The molecule has 8 heteroatoms. The maximum Gasteiger partial charge on any atom is 0.250 e. The van der Waals surface area contributed by atoms with Crippen LogP contribution >= 0.6 is 22.7 Å². The van der Waals surface area contributed by atoms with Gasteiger partial charge < -0.3 is 5.32 Å². The lowest BCUT2D eigenvalue weighted by atomic mass is 10.3. The molecule has 0 spiro atoms. The lowest BCUT2D eigenvalue weighted by molar-refractivity contribution is 0.583. The maximum absolute atomic E-state index is 12.2. The average Bonchev–Trinajstić information content (AvgIpc) is 2.93. The number of hydrogen-bond donors (Lipinski definition) is 2. The van der Waals surface area contributed by atoms with E-state index in [0.717, 1.165) is 17.8 Å². The van der Waals surface area contributed by atoms with E-state index in [1.54, 1.807) is 11.6 Å². The van der Waals surface area contributed by atoms with Crippen molar-refractivity contribution in [2.45, 2.75) is 36.1 Å². The molecule has 0 aromatic carbocycles. The number of nitrogens with zero attached hydrogens (tertiary/aromatic N) is 1. The second-order valence-corrected chi connectivity index (χ2v) is 8.68. The van der Waals surface area contributed by atoms with Gasteiger partial charge in [-0.2, -0.15) is 0 Å². The van der Waals surface area contributed by atoms with Crippen molar-refractivity contribution < 1.29 is 8.42 Å². The monoisotopic (exact) mass is 343 g/mol. The van der Waals surface area contributed by atoms with Gasteiger partial charge in [0.05, 0.1) is 11.2 Å². The highest BCUT2D eigenvalue weighted by Crippen LogP contribution is 2.23. The van der Waals surface area contributed by atoms with Crippen molar-refractivity contribution in [3.05, 3.63) is 33.6 Å². The summed E-state index contributed by atoms with van der Waals surface area (Å²) >= 11 is 2.79. The number of thiazole rings is 1. The van der Waals surface area contributed by atoms with Gasteiger partial charge in [-0.15, -0.1) is 22.7 Å². The zero-order chi connectivity index (χ0) is 14.7. The third-order valence-corrected chi connectivity index (χ3v) is 6.81. The predicted molar refractivity (Wildman–Crippen MR) is 85.2 cm³/mol. The molecule has 0 atom stereocenters. The Hall–Kier alpha value is -0.800. The SMILES string of the molecule is O=S(=O)(NCCc1cscn1)c1cc(CNC2CC2)cs1. The van der Waals surface area contributed by atoms with Crippen molar-refractivity contribution in [1.82, 2.24) is 15.0 Å². The number of hydrogen-bond acceptors (Lipinski definition) is 6. The minimum absolute atomic E-state index is 0.375. The topological polar surface area (TPSA) is 71.1 Å². The molecule has 1 saturated carbocycles. The number of rotatable bonds is 8. The van der Waals surface area contributed by atoms with E-state index in [1.165, 1.54) is 35.5 Å². The van der Waals surface area contributed by atoms with E-state index in [4.69, 9.17) is 0 Å². The third kappa shape index (κ3) is 4.33. The van der Waals surface area contributed by atoms with Gasteiger partial charge in [-0.3, -0.25) is 0 Å². The molecule has 2 aromatic rings. The van der Waals surface area contributed by atoms with Gasteiger partial charge in [0.15, 0.2) is 0 Å². The lowest BCUT2D eigenvalue weighted by Gasteiger charge is -2.03. The van der Waals surface area contributed by atoms with Crippen molar-refractivity contribution in [3.63, 3.8) is 0 Å². The third-order valence-electron chi connectivity index (χ3n) is 3.22. The van der Waals surface area contributed by atoms with Crippen molar-refractivity contribution in [2.75, 3.05) is 6.54 Å². The van der Waals surface area contributed by atoms with Crippen molar-refractivity contribution in [2.24, 2.45) is 0 Å². The quantitative estimate of drug-likeness (QED) is 0.769. The van der Waals surface area contributed by atoms with Gasteiger partial charge in [-0.05, 0) is 29.9 Å². The summed E-state index contributed by atoms with van der Waals surface area (Å²) in [6.45, 7) is 1.12. The summed E-state index contributed by atoms with van der Waals surface area (Å²) in [7, 11) is -3.40. The molecule has 21 heavy (non-hydrogen) atoms. The average molecular weight is 343 g/mol. The highest BCUT2D eigenvalue weighted by molar-refractivity contribution is 7.91. The first kappa shape index (κ1) is 15.1. The first-order valence-electron chi connectivity index (χ1n) is 6.81. The van der Waals surface area contributed by atoms with Gasteiger partial charge >= 0.3 is 0 Å². The van der Waals surface area contributed by atoms with Gasteiger partial charge in [-0.25, -0.2) is 18.1 Å². The molecule has 0 bridgehead atoms. The van der Waals surface area contributed by atoms with Crippen molar-refractivity contribution >= 4 is 32.7 Å². The number of sulfonamides is 1. The van der Waals surface area contributed by atoms with Crippen molar-refractivity contribution in [1.29, 1.82) is 0 Å². The molecule has 1 aliphatic rings. The van der Waals surface area contributed by atoms with Gasteiger partial charge in [0, 0.05) is 30.9 Å².